The van der Waals surface area contributed by atoms with Crippen molar-refractivity contribution >= 4 is 0 Å². The molecule has 3 heteroatoms. The van der Waals surface area contributed by atoms with Gasteiger partial charge in [-0.15, -0.1) is 0 Å². The first-order valence-corrected chi connectivity index (χ1v) is 7.84. The SMILES string of the molecule is CCC1CCC(C(NN)C(OC)c2ccccc2)CC1. The smallest absolute Gasteiger partial charge is 0.0990 e. The number of benzene rings is 1. The molecule has 0 aromatic heterocycles. The normalized spacial score (nSPS) is 26.1. The first-order valence-electron chi connectivity index (χ1n) is 7.84. The molecule has 112 valence electrons. The highest BCUT2D eigenvalue weighted by atomic mass is 16.5. The van der Waals surface area contributed by atoms with Crippen molar-refractivity contribution in [3.05, 3.63) is 35.9 Å². The molecule has 1 aromatic rings. The molecule has 0 spiro atoms. The minimum Gasteiger partial charge on any atom is -0.375 e. The van der Waals surface area contributed by atoms with E-state index < -0.39 is 0 Å². The third-order valence-electron chi connectivity index (χ3n) is 4.88. The fourth-order valence-corrected chi connectivity index (χ4v) is 3.56. The second-order valence-corrected chi connectivity index (χ2v) is 5.95. The van der Waals surface area contributed by atoms with Gasteiger partial charge >= 0.3 is 0 Å². The molecule has 3 N–H and O–H groups in total. The van der Waals surface area contributed by atoms with Crippen LogP contribution in [0.4, 0.5) is 0 Å². The van der Waals surface area contributed by atoms with Gasteiger partial charge in [-0.25, -0.2) is 0 Å². The fraction of sp³-hybridized carbons (Fsp3) is 0.647. The van der Waals surface area contributed by atoms with Crippen molar-refractivity contribution in [2.24, 2.45) is 17.7 Å². The molecule has 20 heavy (non-hydrogen) atoms. The molecule has 0 saturated heterocycles. The minimum absolute atomic E-state index is 0.0318. The maximum atomic E-state index is 5.85. The third-order valence-corrected chi connectivity index (χ3v) is 4.88. The van der Waals surface area contributed by atoms with Gasteiger partial charge in [0, 0.05) is 7.11 Å². The van der Waals surface area contributed by atoms with Gasteiger partial charge in [0.25, 0.3) is 0 Å². The van der Waals surface area contributed by atoms with E-state index in [0.717, 1.165) is 5.92 Å². The molecule has 1 aliphatic carbocycles. The van der Waals surface area contributed by atoms with Crippen molar-refractivity contribution in [1.82, 2.24) is 5.43 Å². The summed E-state index contributed by atoms with van der Waals surface area (Å²) in [7, 11) is 1.78. The van der Waals surface area contributed by atoms with Crippen molar-refractivity contribution in [3.63, 3.8) is 0 Å². The Morgan fingerprint density at radius 2 is 1.85 bits per heavy atom. The Balaban J connectivity index is 2.06. The summed E-state index contributed by atoms with van der Waals surface area (Å²) in [6, 6.07) is 10.6. The van der Waals surface area contributed by atoms with E-state index in [-0.39, 0.29) is 12.1 Å². The molecule has 3 nitrogen and oxygen atoms in total. The van der Waals surface area contributed by atoms with Crippen LogP contribution in [0.1, 0.15) is 50.7 Å². The van der Waals surface area contributed by atoms with Crippen LogP contribution in [0.3, 0.4) is 0 Å². The predicted octanol–water partition coefficient (Wildman–Crippen LogP) is 3.42. The van der Waals surface area contributed by atoms with Crippen LogP contribution in [0.5, 0.6) is 0 Å². The number of hydrogen-bond acceptors (Lipinski definition) is 3. The van der Waals surface area contributed by atoms with Crippen LogP contribution in [0, 0.1) is 11.8 Å². The number of hydrogen-bond donors (Lipinski definition) is 2. The second kappa shape index (κ2) is 7.77. The van der Waals surface area contributed by atoms with E-state index in [1.807, 2.05) is 6.07 Å². The molecule has 1 aromatic carbocycles. The topological polar surface area (TPSA) is 47.3 Å². The molecule has 2 rings (SSSR count). The molecule has 0 amide bonds. The van der Waals surface area contributed by atoms with Crippen molar-refractivity contribution in [2.45, 2.75) is 51.2 Å². The zero-order valence-corrected chi connectivity index (χ0v) is 12.7. The van der Waals surface area contributed by atoms with Gasteiger partial charge in [-0.2, -0.15) is 0 Å². The van der Waals surface area contributed by atoms with Crippen LogP contribution < -0.4 is 11.3 Å². The maximum absolute atomic E-state index is 5.85. The van der Waals surface area contributed by atoms with Gasteiger partial charge in [0.15, 0.2) is 0 Å². The Hall–Kier alpha value is -0.900. The van der Waals surface area contributed by atoms with Crippen LogP contribution in [-0.2, 0) is 4.74 Å². The van der Waals surface area contributed by atoms with E-state index in [1.54, 1.807) is 7.11 Å². The Bertz CT molecular complexity index is 374. The lowest BCUT2D eigenvalue weighted by Crippen LogP contribution is -2.46. The molecule has 1 fully saturated rings. The first-order chi connectivity index (χ1) is 9.80. The van der Waals surface area contributed by atoms with Crippen LogP contribution in [0.25, 0.3) is 0 Å². The lowest BCUT2D eigenvalue weighted by molar-refractivity contribution is 0.0342. The second-order valence-electron chi connectivity index (χ2n) is 5.95. The number of nitrogens with two attached hydrogens (primary N) is 1. The summed E-state index contributed by atoms with van der Waals surface area (Å²) < 4.78 is 5.75. The van der Waals surface area contributed by atoms with Crippen LogP contribution in [0.15, 0.2) is 30.3 Å². The number of nitrogens with one attached hydrogen (secondary N) is 1. The van der Waals surface area contributed by atoms with Crippen LogP contribution in [-0.4, -0.2) is 13.2 Å². The van der Waals surface area contributed by atoms with Gasteiger partial charge in [0.1, 0.15) is 0 Å². The summed E-state index contributed by atoms with van der Waals surface area (Å²) in [5.74, 6) is 7.36. The van der Waals surface area contributed by atoms with Gasteiger partial charge < -0.3 is 4.74 Å². The largest absolute Gasteiger partial charge is 0.375 e. The monoisotopic (exact) mass is 276 g/mol. The number of methoxy groups -OCH3 is 1. The third kappa shape index (κ3) is 3.60. The summed E-state index contributed by atoms with van der Waals surface area (Å²) in [6.45, 7) is 2.30. The zero-order chi connectivity index (χ0) is 14.4. The lowest BCUT2D eigenvalue weighted by atomic mass is 9.75. The summed E-state index contributed by atoms with van der Waals surface area (Å²) in [5, 5.41) is 0. The molecule has 0 aliphatic heterocycles. The van der Waals surface area contributed by atoms with E-state index >= 15 is 0 Å². The zero-order valence-electron chi connectivity index (χ0n) is 12.7. The molecule has 1 aliphatic rings. The molecular weight excluding hydrogens is 248 g/mol. The van der Waals surface area contributed by atoms with Crippen LogP contribution in [0.2, 0.25) is 0 Å². The molecule has 0 heterocycles. The average molecular weight is 276 g/mol. The quantitative estimate of drug-likeness (QED) is 0.618. The molecule has 0 radical (unpaired) electrons. The maximum Gasteiger partial charge on any atom is 0.0990 e. The molecule has 1 saturated carbocycles. The first kappa shape index (κ1) is 15.5. The molecule has 2 atom stereocenters. The fourth-order valence-electron chi connectivity index (χ4n) is 3.56. The van der Waals surface area contributed by atoms with Crippen molar-refractivity contribution in [1.29, 1.82) is 0 Å². The van der Waals surface area contributed by atoms with Crippen LogP contribution >= 0.6 is 0 Å². The summed E-state index contributed by atoms with van der Waals surface area (Å²) >= 11 is 0. The number of ether oxygens (including phenoxy) is 1. The highest BCUT2D eigenvalue weighted by Crippen LogP contribution is 2.36. The van der Waals surface area contributed by atoms with Crippen molar-refractivity contribution in [3.8, 4) is 0 Å². The number of hydrazine groups is 1. The highest BCUT2D eigenvalue weighted by molar-refractivity contribution is 5.19. The standard InChI is InChI=1S/C17H28N2O/c1-3-13-9-11-14(12-10-13)16(19-18)17(20-2)15-7-5-4-6-8-15/h4-8,13-14,16-17,19H,3,9-12,18H2,1-2H3. The molecular formula is C17H28N2O. The Morgan fingerprint density at radius 3 is 2.35 bits per heavy atom. The number of rotatable bonds is 6. The van der Waals surface area contributed by atoms with E-state index in [2.05, 4.69) is 36.6 Å². The lowest BCUT2D eigenvalue weighted by Gasteiger charge is -2.37. The Labute approximate surface area is 122 Å². The van der Waals surface area contributed by atoms with Crippen molar-refractivity contribution < 1.29 is 4.74 Å². The summed E-state index contributed by atoms with van der Waals surface area (Å²) in [4.78, 5) is 0. The molecule has 2 unspecified atom stereocenters. The average Bonchev–Trinajstić information content (AvgIpc) is 2.53. The predicted molar refractivity (Wildman–Crippen MR) is 83.0 cm³/mol. The van der Waals surface area contributed by atoms with Gasteiger partial charge in [-0.1, -0.05) is 56.5 Å². The van der Waals surface area contributed by atoms with Crippen molar-refractivity contribution in [2.75, 3.05) is 7.11 Å². The van der Waals surface area contributed by atoms with Gasteiger partial charge in [-0.05, 0) is 30.2 Å². The minimum atomic E-state index is 0.0318. The van der Waals surface area contributed by atoms with E-state index in [0.29, 0.717) is 5.92 Å². The van der Waals surface area contributed by atoms with Gasteiger partial charge in [0.05, 0.1) is 12.1 Å². The highest BCUT2D eigenvalue weighted by Gasteiger charge is 2.32. The van der Waals surface area contributed by atoms with E-state index in [1.165, 1.54) is 37.7 Å². The Kier molecular flexibility index (Phi) is 6.02. The van der Waals surface area contributed by atoms with E-state index in [4.69, 9.17) is 10.6 Å². The molecule has 0 bridgehead atoms. The Morgan fingerprint density at radius 1 is 1.20 bits per heavy atom. The van der Waals surface area contributed by atoms with Gasteiger partial charge in [-0.3, -0.25) is 11.3 Å². The summed E-state index contributed by atoms with van der Waals surface area (Å²) in [6.07, 6.45) is 6.49. The van der Waals surface area contributed by atoms with Gasteiger partial charge in [0.2, 0.25) is 0 Å². The summed E-state index contributed by atoms with van der Waals surface area (Å²) in [5.41, 5.74) is 4.23. The van der Waals surface area contributed by atoms with E-state index in [9.17, 15) is 0 Å².